The quantitative estimate of drug-likeness (QED) is 0.861. The van der Waals surface area contributed by atoms with Crippen LogP contribution in [0.3, 0.4) is 0 Å². The van der Waals surface area contributed by atoms with Gasteiger partial charge in [0, 0.05) is 19.6 Å². The van der Waals surface area contributed by atoms with Crippen molar-refractivity contribution < 1.29 is 8.42 Å². The summed E-state index contributed by atoms with van der Waals surface area (Å²) in [6.45, 7) is 3.85. The van der Waals surface area contributed by atoms with E-state index in [4.69, 9.17) is 5.73 Å². The predicted octanol–water partition coefficient (Wildman–Crippen LogP) is 1.39. The Kier molecular flexibility index (Phi) is 5.15. The van der Waals surface area contributed by atoms with Gasteiger partial charge in [-0.15, -0.1) is 4.83 Å². The van der Waals surface area contributed by atoms with Crippen LogP contribution in [0.4, 0.5) is 0 Å². The van der Waals surface area contributed by atoms with Gasteiger partial charge in [-0.05, 0) is 36.5 Å². The Morgan fingerprint density at radius 1 is 1.25 bits per heavy atom. The minimum absolute atomic E-state index is 0.343. The van der Waals surface area contributed by atoms with Crippen LogP contribution >= 0.6 is 0 Å². The fourth-order valence-electron chi connectivity index (χ4n) is 2.47. The predicted molar refractivity (Wildman–Crippen MR) is 79.5 cm³/mol. The summed E-state index contributed by atoms with van der Waals surface area (Å²) in [5, 5.41) is 1.80. The minimum atomic E-state index is -3.51. The molecule has 6 heteroatoms. The first-order valence-electron chi connectivity index (χ1n) is 7.16. The van der Waals surface area contributed by atoms with Crippen LogP contribution in [0.5, 0.6) is 0 Å². The molecule has 0 saturated carbocycles. The molecule has 0 spiro atoms. The zero-order valence-corrected chi connectivity index (χ0v) is 12.7. The van der Waals surface area contributed by atoms with E-state index in [0.29, 0.717) is 17.9 Å². The van der Waals surface area contributed by atoms with Crippen molar-refractivity contribution in [2.75, 3.05) is 13.1 Å². The average molecular weight is 297 g/mol. The van der Waals surface area contributed by atoms with Crippen molar-refractivity contribution >= 4 is 10.0 Å². The number of sulfonamides is 1. The molecule has 112 valence electrons. The molecule has 1 aromatic carbocycles. The third-order valence-electron chi connectivity index (χ3n) is 3.64. The molecule has 20 heavy (non-hydrogen) atoms. The molecule has 0 aromatic heterocycles. The van der Waals surface area contributed by atoms with Crippen molar-refractivity contribution in [2.24, 2.45) is 5.73 Å². The zero-order valence-electron chi connectivity index (χ0n) is 11.9. The molecule has 1 aliphatic rings. The fraction of sp³-hybridized carbons (Fsp3) is 0.571. The lowest BCUT2D eigenvalue weighted by Gasteiger charge is -2.27. The molecule has 0 aliphatic carbocycles. The van der Waals surface area contributed by atoms with E-state index in [-0.39, 0.29) is 0 Å². The van der Waals surface area contributed by atoms with Crippen molar-refractivity contribution in [1.29, 1.82) is 0 Å². The number of hydrazine groups is 1. The third-order valence-corrected chi connectivity index (χ3v) is 5.10. The number of hydrogen-bond donors (Lipinski definition) is 2. The highest BCUT2D eigenvalue weighted by atomic mass is 32.2. The molecule has 0 atom stereocenters. The summed E-state index contributed by atoms with van der Waals surface area (Å²) in [6, 6.07) is 5.43. The van der Waals surface area contributed by atoms with Crippen molar-refractivity contribution in [3.05, 3.63) is 29.3 Å². The van der Waals surface area contributed by atoms with Gasteiger partial charge in [0.25, 0.3) is 10.0 Å². The molecule has 0 bridgehead atoms. The molecule has 1 aliphatic heterocycles. The molecule has 5 nitrogen and oxygen atoms in total. The van der Waals surface area contributed by atoms with Crippen LogP contribution in [0.1, 0.15) is 37.3 Å². The number of hydrogen-bond acceptors (Lipinski definition) is 4. The summed E-state index contributed by atoms with van der Waals surface area (Å²) in [4.78, 5) is 3.06. The van der Waals surface area contributed by atoms with Crippen LogP contribution in [0.15, 0.2) is 23.1 Å². The first-order valence-corrected chi connectivity index (χ1v) is 8.64. The number of piperidine rings is 1. The van der Waals surface area contributed by atoms with Gasteiger partial charge in [0.1, 0.15) is 0 Å². The normalized spacial score (nSPS) is 17.3. The molecular formula is C14H23N3O2S. The standard InChI is InChI=1S/C14H23N3O2S/c1-2-13-7-6-12(11-15)10-14(13)20(18,19)16-17-8-4-3-5-9-17/h6-7,10,16H,2-5,8-9,11,15H2,1H3. The Bertz CT molecular complexity index is 552. The van der Waals surface area contributed by atoms with Crippen LogP contribution in [0.25, 0.3) is 0 Å². The van der Waals surface area contributed by atoms with Gasteiger partial charge in [-0.25, -0.2) is 13.4 Å². The number of nitrogens with zero attached hydrogens (tertiary/aromatic N) is 1. The van der Waals surface area contributed by atoms with Crippen molar-refractivity contribution in [2.45, 2.75) is 44.0 Å². The molecule has 1 heterocycles. The summed E-state index contributed by atoms with van der Waals surface area (Å²) in [5.41, 5.74) is 7.27. The maximum Gasteiger partial charge on any atom is 0.253 e. The van der Waals surface area contributed by atoms with Crippen LogP contribution < -0.4 is 10.6 Å². The number of nitrogens with one attached hydrogen (secondary N) is 1. The Balaban J connectivity index is 2.27. The van der Waals surface area contributed by atoms with E-state index >= 15 is 0 Å². The monoisotopic (exact) mass is 297 g/mol. The molecule has 1 aromatic rings. The minimum Gasteiger partial charge on any atom is -0.326 e. The van der Waals surface area contributed by atoms with Crippen LogP contribution in [0.2, 0.25) is 0 Å². The number of rotatable bonds is 5. The molecule has 0 radical (unpaired) electrons. The van der Waals surface area contributed by atoms with E-state index in [9.17, 15) is 8.42 Å². The van der Waals surface area contributed by atoms with Crippen molar-refractivity contribution in [3.8, 4) is 0 Å². The Morgan fingerprint density at radius 2 is 1.95 bits per heavy atom. The summed E-state index contributed by atoms with van der Waals surface area (Å²) < 4.78 is 25.1. The summed E-state index contributed by atoms with van der Waals surface area (Å²) in [7, 11) is -3.51. The van der Waals surface area contributed by atoms with Crippen molar-refractivity contribution in [3.63, 3.8) is 0 Å². The van der Waals surface area contributed by atoms with E-state index in [1.165, 1.54) is 6.42 Å². The smallest absolute Gasteiger partial charge is 0.253 e. The van der Waals surface area contributed by atoms with E-state index < -0.39 is 10.0 Å². The maximum atomic E-state index is 12.6. The van der Waals surface area contributed by atoms with E-state index in [2.05, 4.69) is 4.83 Å². The van der Waals surface area contributed by atoms with Gasteiger partial charge >= 0.3 is 0 Å². The summed E-state index contributed by atoms with van der Waals surface area (Å²) >= 11 is 0. The molecular weight excluding hydrogens is 274 g/mol. The highest BCUT2D eigenvalue weighted by molar-refractivity contribution is 7.89. The second-order valence-corrected chi connectivity index (χ2v) is 6.77. The lowest BCUT2D eigenvalue weighted by molar-refractivity contribution is 0.200. The SMILES string of the molecule is CCc1ccc(CN)cc1S(=O)(=O)NN1CCCCC1. The van der Waals surface area contributed by atoms with Gasteiger partial charge in [-0.2, -0.15) is 0 Å². The third kappa shape index (κ3) is 3.58. The largest absolute Gasteiger partial charge is 0.326 e. The Morgan fingerprint density at radius 3 is 2.55 bits per heavy atom. The molecule has 1 saturated heterocycles. The first kappa shape index (κ1) is 15.4. The van der Waals surface area contributed by atoms with Gasteiger partial charge in [-0.3, -0.25) is 0 Å². The molecule has 2 rings (SSSR count). The number of benzene rings is 1. The number of nitrogens with two attached hydrogens (primary N) is 1. The average Bonchev–Trinajstić information content (AvgIpc) is 2.47. The highest BCUT2D eigenvalue weighted by Gasteiger charge is 2.22. The lowest BCUT2D eigenvalue weighted by atomic mass is 10.1. The molecule has 3 N–H and O–H groups in total. The van der Waals surface area contributed by atoms with Gasteiger partial charge < -0.3 is 5.73 Å². The topological polar surface area (TPSA) is 75.4 Å². The first-order chi connectivity index (χ1) is 9.56. The van der Waals surface area contributed by atoms with Gasteiger partial charge in [-0.1, -0.05) is 25.5 Å². The van der Waals surface area contributed by atoms with Crippen LogP contribution in [-0.4, -0.2) is 26.5 Å². The second-order valence-electron chi connectivity index (χ2n) is 5.14. The zero-order chi connectivity index (χ0) is 14.6. The van der Waals surface area contributed by atoms with E-state index in [1.54, 1.807) is 11.1 Å². The molecule has 0 unspecified atom stereocenters. The summed E-state index contributed by atoms with van der Waals surface area (Å²) in [5.74, 6) is 0. The Hall–Kier alpha value is -0.950. The van der Waals surface area contributed by atoms with E-state index in [1.807, 2.05) is 19.1 Å². The van der Waals surface area contributed by atoms with E-state index in [0.717, 1.165) is 37.1 Å². The van der Waals surface area contributed by atoms with Gasteiger partial charge in [0.2, 0.25) is 0 Å². The van der Waals surface area contributed by atoms with Gasteiger partial charge in [0.15, 0.2) is 0 Å². The number of aryl methyl sites for hydroxylation is 1. The van der Waals surface area contributed by atoms with Crippen LogP contribution in [-0.2, 0) is 23.0 Å². The Labute approximate surface area is 121 Å². The second kappa shape index (κ2) is 6.67. The fourth-order valence-corrected chi connectivity index (χ4v) is 3.96. The molecule has 1 fully saturated rings. The van der Waals surface area contributed by atoms with Crippen LogP contribution in [0, 0.1) is 0 Å². The lowest BCUT2D eigenvalue weighted by Crippen LogP contribution is -2.45. The van der Waals surface area contributed by atoms with Gasteiger partial charge in [0.05, 0.1) is 4.90 Å². The highest BCUT2D eigenvalue weighted by Crippen LogP contribution is 2.19. The molecule has 0 amide bonds. The maximum absolute atomic E-state index is 12.6. The summed E-state index contributed by atoms with van der Waals surface area (Å²) in [6.07, 6.45) is 3.92. The van der Waals surface area contributed by atoms with Crippen molar-refractivity contribution in [1.82, 2.24) is 9.84 Å².